The van der Waals surface area contributed by atoms with E-state index in [1.54, 1.807) is 6.92 Å². The first-order chi connectivity index (χ1) is 13.7. The molecule has 0 spiro atoms. The monoisotopic (exact) mass is 401 g/mol. The maximum Gasteiger partial charge on any atom is 0.315 e. The number of rotatable bonds is 7. The molecular weight excluding hydrogens is 376 g/mol. The van der Waals surface area contributed by atoms with E-state index in [1.165, 1.54) is 17.7 Å². The summed E-state index contributed by atoms with van der Waals surface area (Å²) in [5, 5.41) is 39.6. The average molecular weight is 401 g/mol. The molecule has 1 heterocycles. The number of nitriles is 1. The molecule has 1 aromatic rings. The number of nitro benzene ring substituents is 1. The molecule has 1 saturated heterocycles. The quantitative estimate of drug-likeness (QED) is 0.180. The summed E-state index contributed by atoms with van der Waals surface area (Å²) in [7, 11) is 2.13. The van der Waals surface area contributed by atoms with Crippen molar-refractivity contribution >= 4 is 17.7 Å². The van der Waals surface area contributed by atoms with Crippen LogP contribution in [0.5, 0.6) is 11.5 Å². The molecule has 0 atom stereocenters. The summed E-state index contributed by atoms with van der Waals surface area (Å²) in [6, 6.07) is 3.87. The molecule has 1 aliphatic rings. The van der Waals surface area contributed by atoms with E-state index < -0.39 is 28.0 Å². The van der Waals surface area contributed by atoms with Crippen molar-refractivity contribution in [2.75, 3.05) is 33.2 Å². The van der Waals surface area contributed by atoms with Gasteiger partial charge >= 0.3 is 5.69 Å². The standard InChI is InChI=1S/C20H24N4O5/c1-3-22(7-6-10-24(2)8-4-5-9-24)20(27)16(14-21)11-15-12-17(23(28)29)19(26)18(25)13-15/h6,10-13H,3-5,7-9H2,1-2H3,(H-,25,26,27)/p+1/b10-6+. The van der Waals surface area contributed by atoms with Crippen molar-refractivity contribution in [3.05, 3.63) is 45.7 Å². The van der Waals surface area contributed by atoms with Gasteiger partial charge in [0.25, 0.3) is 5.91 Å². The van der Waals surface area contributed by atoms with E-state index in [-0.39, 0.29) is 11.1 Å². The summed E-state index contributed by atoms with van der Waals surface area (Å²) in [4.78, 5) is 24.4. The molecule has 1 fully saturated rings. The van der Waals surface area contributed by atoms with Crippen molar-refractivity contribution in [3.63, 3.8) is 0 Å². The minimum absolute atomic E-state index is 0.0682. The zero-order chi connectivity index (χ0) is 21.6. The molecule has 1 amide bonds. The van der Waals surface area contributed by atoms with Crippen LogP contribution in [0.25, 0.3) is 6.08 Å². The van der Waals surface area contributed by atoms with Crippen molar-refractivity contribution in [1.82, 2.24) is 4.90 Å². The fourth-order valence-corrected chi connectivity index (χ4v) is 3.32. The van der Waals surface area contributed by atoms with Gasteiger partial charge in [0.15, 0.2) is 5.75 Å². The number of carbonyl (C=O) groups excluding carboxylic acids is 1. The number of hydrogen-bond acceptors (Lipinski definition) is 6. The second kappa shape index (κ2) is 9.21. The maximum atomic E-state index is 12.7. The molecular formula is C20H25N4O5+. The summed E-state index contributed by atoms with van der Waals surface area (Å²) < 4.78 is 0.823. The number of likely N-dealkylation sites (N-methyl/N-ethyl adjacent to an activating group) is 1. The van der Waals surface area contributed by atoms with Crippen LogP contribution in [0.3, 0.4) is 0 Å². The number of nitrogens with zero attached hydrogens (tertiary/aromatic N) is 4. The highest BCUT2D eigenvalue weighted by molar-refractivity contribution is 6.01. The predicted molar refractivity (Wildman–Crippen MR) is 107 cm³/mol. The molecule has 0 aliphatic carbocycles. The van der Waals surface area contributed by atoms with Crippen LogP contribution in [0.2, 0.25) is 0 Å². The molecule has 0 radical (unpaired) electrons. The largest absolute Gasteiger partial charge is 0.504 e. The molecule has 0 unspecified atom stereocenters. The topological polar surface area (TPSA) is 128 Å². The van der Waals surface area contributed by atoms with Gasteiger partial charge in [0.05, 0.1) is 31.3 Å². The second-order valence-electron chi connectivity index (χ2n) is 7.20. The Morgan fingerprint density at radius 1 is 1.38 bits per heavy atom. The Kier molecular flexibility index (Phi) is 6.96. The van der Waals surface area contributed by atoms with Crippen LogP contribution in [0, 0.1) is 21.4 Å². The van der Waals surface area contributed by atoms with E-state index in [0.29, 0.717) is 13.1 Å². The van der Waals surface area contributed by atoms with Gasteiger partial charge in [0.1, 0.15) is 11.6 Å². The van der Waals surface area contributed by atoms with Crippen LogP contribution >= 0.6 is 0 Å². The summed E-state index contributed by atoms with van der Waals surface area (Å²) in [6.45, 7) is 4.63. The van der Waals surface area contributed by atoms with E-state index >= 15 is 0 Å². The van der Waals surface area contributed by atoms with E-state index in [2.05, 4.69) is 13.2 Å². The molecule has 1 aromatic carbocycles. The lowest BCUT2D eigenvalue weighted by atomic mass is 10.1. The minimum atomic E-state index is -0.865. The molecule has 9 nitrogen and oxygen atoms in total. The highest BCUT2D eigenvalue weighted by atomic mass is 16.6. The van der Waals surface area contributed by atoms with Gasteiger partial charge in [0, 0.05) is 32.0 Å². The molecule has 9 heteroatoms. The fourth-order valence-electron chi connectivity index (χ4n) is 3.32. The number of benzene rings is 1. The Morgan fingerprint density at radius 2 is 2.03 bits per heavy atom. The summed E-state index contributed by atoms with van der Waals surface area (Å²) in [5.41, 5.74) is -0.862. The number of quaternary nitrogens is 1. The van der Waals surface area contributed by atoms with Gasteiger partial charge in [-0.15, -0.1) is 0 Å². The van der Waals surface area contributed by atoms with Crippen LogP contribution in [0.4, 0.5) is 5.69 Å². The lowest BCUT2D eigenvalue weighted by molar-refractivity contribution is -0.846. The van der Waals surface area contributed by atoms with Crippen molar-refractivity contribution in [1.29, 1.82) is 5.26 Å². The highest BCUT2D eigenvalue weighted by Crippen LogP contribution is 2.36. The van der Waals surface area contributed by atoms with Crippen LogP contribution < -0.4 is 0 Å². The third kappa shape index (κ3) is 5.33. The zero-order valence-corrected chi connectivity index (χ0v) is 16.5. The summed E-state index contributed by atoms with van der Waals surface area (Å²) in [6.07, 6.45) is 7.49. The molecule has 0 bridgehead atoms. The fraction of sp³-hybridized carbons (Fsp3) is 0.400. The van der Waals surface area contributed by atoms with Gasteiger partial charge in [-0.05, 0) is 30.7 Å². The Balaban J connectivity index is 2.23. The number of likely N-dealkylation sites (tertiary alicyclic amines) is 1. The molecule has 154 valence electrons. The lowest BCUT2D eigenvalue weighted by Gasteiger charge is -2.24. The van der Waals surface area contributed by atoms with Gasteiger partial charge < -0.3 is 15.1 Å². The minimum Gasteiger partial charge on any atom is -0.504 e. The van der Waals surface area contributed by atoms with E-state index in [9.17, 15) is 30.4 Å². The smallest absolute Gasteiger partial charge is 0.315 e. The number of carbonyl (C=O) groups is 1. The van der Waals surface area contributed by atoms with Crippen LogP contribution in [0.15, 0.2) is 30.0 Å². The molecule has 1 aliphatic heterocycles. The first-order valence-electron chi connectivity index (χ1n) is 9.34. The Morgan fingerprint density at radius 3 is 2.59 bits per heavy atom. The first-order valence-corrected chi connectivity index (χ1v) is 9.34. The number of phenolic OH excluding ortho intramolecular Hbond substituents is 2. The number of hydrogen-bond donors (Lipinski definition) is 2. The molecule has 0 saturated carbocycles. The highest BCUT2D eigenvalue weighted by Gasteiger charge is 2.24. The van der Waals surface area contributed by atoms with Gasteiger partial charge in [-0.2, -0.15) is 5.26 Å². The second-order valence-corrected chi connectivity index (χ2v) is 7.20. The van der Waals surface area contributed by atoms with Gasteiger partial charge in [0.2, 0.25) is 5.75 Å². The van der Waals surface area contributed by atoms with Gasteiger partial charge in [-0.1, -0.05) is 0 Å². The third-order valence-electron chi connectivity index (χ3n) is 5.00. The van der Waals surface area contributed by atoms with Gasteiger partial charge in [-0.3, -0.25) is 19.4 Å². The lowest BCUT2D eigenvalue weighted by Crippen LogP contribution is -2.36. The third-order valence-corrected chi connectivity index (χ3v) is 5.00. The summed E-state index contributed by atoms with van der Waals surface area (Å²) in [5.74, 6) is -2.08. The average Bonchev–Trinajstić information content (AvgIpc) is 3.11. The van der Waals surface area contributed by atoms with Crippen molar-refractivity contribution in [3.8, 4) is 17.6 Å². The van der Waals surface area contributed by atoms with E-state index in [1.807, 2.05) is 12.1 Å². The van der Waals surface area contributed by atoms with Crippen molar-refractivity contribution in [2.45, 2.75) is 19.8 Å². The molecule has 0 aromatic heterocycles. The van der Waals surface area contributed by atoms with Crippen LogP contribution in [-0.4, -0.2) is 63.7 Å². The van der Waals surface area contributed by atoms with Crippen molar-refractivity contribution < 1.29 is 24.4 Å². The van der Waals surface area contributed by atoms with Gasteiger partial charge in [-0.25, -0.2) is 0 Å². The zero-order valence-electron chi connectivity index (χ0n) is 16.5. The SMILES string of the molecule is CCN(C/C=C/[N+]1(C)CCCC1)C(=O)/C(C#N)=C/c1cc(O)c(O)c([N+](=O)[O-])c1. The van der Waals surface area contributed by atoms with E-state index in [4.69, 9.17) is 0 Å². The maximum absolute atomic E-state index is 12.7. The molecule has 2 rings (SSSR count). The van der Waals surface area contributed by atoms with E-state index in [0.717, 1.165) is 35.8 Å². The first kappa shape index (κ1) is 21.9. The van der Waals surface area contributed by atoms with Crippen LogP contribution in [0.1, 0.15) is 25.3 Å². The predicted octanol–water partition coefficient (Wildman–Crippen LogP) is 2.52. The Hall–Kier alpha value is -3.38. The summed E-state index contributed by atoms with van der Waals surface area (Å²) >= 11 is 0. The molecule has 2 N–H and O–H groups in total. The number of phenols is 2. The van der Waals surface area contributed by atoms with Crippen LogP contribution in [-0.2, 0) is 4.79 Å². The normalized spacial score (nSPS) is 16.0. The molecule has 29 heavy (non-hydrogen) atoms. The Bertz CT molecular complexity index is 895. The Labute approximate surface area is 169 Å². The van der Waals surface area contributed by atoms with Crippen molar-refractivity contribution in [2.24, 2.45) is 0 Å². The number of aromatic hydroxyl groups is 2. The number of amides is 1. The number of nitro groups is 1.